The second-order valence-corrected chi connectivity index (χ2v) is 5.13. The summed E-state index contributed by atoms with van der Waals surface area (Å²) < 4.78 is 10.4. The van der Waals surface area contributed by atoms with E-state index in [2.05, 4.69) is 0 Å². The van der Waals surface area contributed by atoms with Gasteiger partial charge in [-0.25, -0.2) is 0 Å². The summed E-state index contributed by atoms with van der Waals surface area (Å²) in [7, 11) is 2.99. The average Bonchev–Trinajstić information content (AvgIpc) is 2.44. The lowest BCUT2D eigenvalue weighted by atomic mass is 9.86. The maximum atomic E-state index is 12.5. The molecular formula is C15H19NO5. The first kappa shape index (κ1) is 15.2. The van der Waals surface area contributed by atoms with E-state index in [0.29, 0.717) is 30.2 Å². The highest BCUT2D eigenvalue weighted by Crippen LogP contribution is 2.33. The standard InChI is InChI=1S/C15H19NO5/c1-9(15(18)19)10-7-16(8-10)14(17)13-11(20-2)5-4-6-12(13)21-3/h4-6,9-10H,7-8H2,1-3H3,(H,18,19). The maximum absolute atomic E-state index is 12.5. The normalized spacial score (nSPS) is 16.0. The molecule has 1 aromatic carbocycles. The van der Waals surface area contributed by atoms with Crippen molar-refractivity contribution in [1.29, 1.82) is 0 Å². The maximum Gasteiger partial charge on any atom is 0.306 e. The molecule has 0 aromatic heterocycles. The number of carboxylic acids is 1. The van der Waals surface area contributed by atoms with E-state index in [-0.39, 0.29) is 11.8 Å². The second kappa shape index (κ2) is 6.03. The molecule has 1 heterocycles. The molecule has 1 aliphatic rings. The monoisotopic (exact) mass is 293 g/mol. The molecule has 0 radical (unpaired) electrons. The lowest BCUT2D eigenvalue weighted by Gasteiger charge is -2.41. The molecule has 2 rings (SSSR count). The third kappa shape index (κ3) is 2.79. The zero-order chi connectivity index (χ0) is 15.6. The van der Waals surface area contributed by atoms with Gasteiger partial charge in [0.05, 0.1) is 20.1 Å². The summed E-state index contributed by atoms with van der Waals surface area (Å²) in [4.78, 5) is 25.1. The third-order valence-corrected chi connectivity index (χ3v) is 3.94. The Morgan fingerprint density at radius 2 is 1.76 bits per heavy atom. The van der Waals surface area contributed by atoms with Crippen LogP contribution in [0.2, 0.25) is 0 Å². The fourth-order valence-electron chi connectivity index (χ4n) is 2.42. The first-order valence-electron chi connectivity index (χ1n) is 6.72. The van der Waals surface area contributed by atoms with Gasteiger partial charge in [-0.2, -0.15) is 0 Å². The van der Waals surface area contributed by atoms with Gasteiger partial charge in [0.15, 0.2) is 0 Å². The molecule has 1 N–H and O–H groups in total. The number of hydrogen-bond donors (Lipinski definition) is 1. The van der Waals surface area contributed by atoms with Crippen LogP contribution in [0.15, 0.2) is 18.2 Å². The van der Waals surface area contributed by atoms with E-state index in [1.165, 1.54) is 14.2 Å². The fraction of sp³-hybridized carbons (Fsp3) is 0.467. The predicted octanol–water partition coefficient (Wildman–Crippen LogP) is 1.50. The Kier molecular flexibility index (Phi) is 4.35. The molecule has 6 heteroatoms. The molecule has 0 bridgehead atoms. The lowest BCUT2D eigenvalue weighted by Crippen LogP contribution is -2.53. The van der Waals surface area contributed by atoms with Crippen molar-refractivity contribution in [2.75, 3.05) is 27.3 Å². The fourth-order valence-corrected chi connectivity index (χ4v) is 2.42. The van der Waals surface area contributed by atoms with Crippen molar-refractivity contribution in [3.63, 3.8) is 0 Å². The van der Waals surface area contributed by atoms with Crippen LogP contribution in [0, 0.1) is 11.8 Å². The van der Waals surface area contributed by atoms with Crippen LogP contribution in [0.1, 0.15) is 17.3 Å². The van der Waals surface area contributed by atoms with E-state index in [0.717, 1.165) is 0 Å². The highest BCUT2D eigenvalue weighted by molar-refractivity contribution is 6.00. The molecule has 0 aliphatic carbocycles. The Morgan fingerprint density at radius 3 is 2.19 bits per heavy atom. The van der Waals surface area contributed by atoms with Gasteiger partial charge in [-0.1, -0.05) is 13.0 Å². The summed E-state index contributed by atoms with van der Waals surface area (Å²) in [6, 6.07) is 5.15. The van der Waals surface area contributed by atoms with Crippen LogP contribution >= 0.6 is 0 Å². The van der Waals surface area contributed by atoms with Gasteiger partial charge in [0.2, 0.25) is 0 Å². The van der Waals surface area contributed by atoms with Gasteiger partial charge in [0, 0.05) is 19.0 Å². The number of nitrogens with zero attached hydrogens (tertiary/aromatic N) is 1. The van der Waals surface area contributed by atoms with Gasteiger partial charge < -0.3 is 19.5 Å². The van der Waals surface area contributed by atoms with Crippen molar-refractivity contribution in [2.45, 2.75) is 6.92 Å². The number of carbonyl (C=O) groups is 2. The van der Waals surface area contributed by atoms with Gasteiger partial charge in [-0.3, -0.25) is 9.59 Å². The van der Waals surface area contributed by atoms with E-state index in [1.807, 2.05) is 0 Å². The number of benzene rings is 1. The molecular weight excluding hydrogens is 274 g/mol. The summed E-state index contributed by atoms with van der Waals surface area (Å²) in [5, 5.41) is 8.98. The van der Waals surface area contributed by atoms with Gasteiger partial charge in [-0.05, 0) is 12.1 Å². The number of aliphatic carboxylic acids is 1. The molecule has 1 unspecified atom stereocenters. The van der Waals surface area contributed by atoms with Crippen molar-refractivity contribution < 1.29 is 24.2 Å². The van der Waals surface area contributed by atoms with Crippen LogP contribution in [-0.2, 0) is 4.79 Å². The molecule has 1 atom stereocenters. The van der Waals surface area contributed by atoms with Gasteiger partial charge in [0.25, 0.3) is 5.91 Å². The number of ether oxygens (including phenoxy) is 2. The zero-order valence-electron chi connectivity index (χ0n) is 12.3. The van der Waals surface area contributed by atoms with Crippen molar-refractivity contribution in [3.05, 3.63) is 23.8 Å². The first-order chi connectivity index (χ1) is 9.99. The number of likely N-dealkylation sites (tertiary alicyclic amines) is 1. The van der Waals surface area contributed by atoms with Crippen LogP contribution in [0.3, 0.4) is 0 Å². The van der Waals surface area contributed by atoms with Gasteiger partial charge in [0.1, 0.15) is 17.1 Å². The molecule has 1 amide bonds. The number of rotatable bonds is 5. The number of carboxylic acid groups (broad SMARTS) is 1. The summed E-state index contributed by atoms with van der Waals surface area (Å²) in [5.41, 5.74) is 0.379. The highest BCUT2D eigenvalue weighted by Gasteiger charge is 2.38. The number of carbonyl (C=O) groups excluding carboxylic acids is 1. The summed E-state index contributed by atoms with van der Waals surface area (Å²) in [6.45, 7) is 2.54. The Labute approximate surface area is 123 Å². The van der Waals surface area contributed by atoms with Crippen molar-refractivity contribution >= 4 is 11.9 Å². The smallest absolute Gasteiger partial charge is 0.306 e. The number of methoxy groups -OCH3 is 2. The minimum Gasteiger partial charge on any atom is -0.496 e. The zero-order valence-corrected chi connectivity index (χ0v) is 12.3. The molecule has 21 heavy (non-hydrogen) atoms. The van der Waals surface area contributed by atoms with E-state index >= 15 is 0 Å². The lowest BCUT2D eigenvalue weighted by molar-refractivity contribution is -0.144. The van der Waals surface area contributed by atoms with E-state index in [9.17, 15) is 9.59 Å². The first-order valence-corrected chi connectivity index (χ1v) is 6.72. The van der Waals surface area contributed by atoms with Crippen LogP contribution in [-0.4, -0.2) is 49.2 Å². The topological polar surface area (TPSA) is 76.1 Å². The van der Waals surface area contributed by atoms with Crippen molar-refractivity contribution in [1.82, 2.24) is 4.90 Å². The van der Waals surface area contributed by atoms with Crippen LogP contribution in [0.5, 0.6) is 11.5 Å². The summed E-state index contributed by atoms with van der Waals surface area (Å²) >= 11 is 0. The minimum atomic E-state index is -0.832. The van der Waals surface area contributed by atoms with Crippen molar-refractivity contribution in [2.24, 2.45) is 11.8 Å². The Balaban J connectivity index is 2.14. The van der Waals surface area contributed by atoms with Crippen LogP contribution < -0.4 is 9.47 Å². The molecule has 1 aromatic rings. The number of hydrogen-bond acceptors (Lipinski definition) is 4. The summed E-state index contributed by atoms with van der Waals surface area (Å²) in [6.07, 6.45) is 0. The molecule has 1 aliphatic heterocycles. The molecule has 114 valence electrons. The predicted molar refractivity (Wildman–Crippen MR) is 75.7 cm³/mol. The number of amides is 1. The quantitative estimate of drug-likeness (QED) is 0.890. The van der Waals surface area contributed by atoms with E-state index in [4.69, 9.17) is 14.6 Å². The molecule has 0 saturated carbocycles. The van der Waals surface area contributed by atoms with Crippen LogP contribution in [0.25, 0.3) is 0 Å². The molecule has 6 nitrogen and oxygen atoms in total. The third-order valence-electron chi connectivity index (χ3n) is 3.94. The van der Waals surface area contributed by atoms with E-state index < -0.39 is 11.9 Å². The van der Waals surface area contributed by atoms with Crippen molar-refractivity contribution in [3.8, 4) is 11.5 Å². The minimum absolute atomic E-state index is 0.00727. The molecule has 1 fully saturated rings. The molecule has 0 spiro atoms. The Bertz CT molecular complexity index is 529. The average molecular weight is 293 g/mol. The van der Waals surface area contributed by atoms with Crippen LogP contribution in [0.4, 0.5) is 0 Å². The van der Waals surface area contributed by atoms with E-state index in [1.54, 1.807) is 30.0 Å². The summed E-state index contributed by atoms with van der Waals surface area (Å²) in [5.74, 6) is -0.580. The SMILES string of the molecule is COc1cccc(OC)c1C(=O)N1CC(C(C)C(=O)O)C1. The Hall–Kier alpha value is -2.24. The second-order valence-electron chi connectivity index (χ2n) is 5.13. The van der Waals surface area contributed by atoms with Gasteiger partial charge >= 0.3 is 5.97 Å². The largest absolute Gasteiger partial charge is 0.496 e. The molecule has 1 saturated heterocycles. The highest BCUT2D eigenvalue weighted by atomic mass is 16.5. The van der Waals surface area contributed by atoms with Gasteiger partial charge in [-0.15, -0.1) is 0 Å². The Morgan fingerprint density at radius 1 is 1.24 bits per heavy atom.